The van der Waals surface area contributed by atoms with E-state index in [4.69, 9.17) is 27.6 Å². The maximum Gasteiger partial charge on any atom is 0.289 e. The fourth-order valence-corrected chi connectivity index (χ4v) is 3.82. The number of rotatable bonds is 5. The van der Waals surface area contributed by atoms with Crippen LogP contribution in [0.15, 0.2) is 53.2 Å². The zero-order valence-electron chi connectivity index (χ0n) is 15.2. The van der Waals surface area contributed by atoms with Crippen LogP contribution in [0.2, 0.25) is 10.0 Å². The van der Waals surface area contributed by atoms with Crippen molar-refractivity contribution in [3.05, 3.63) is 75.9 Å². The van der Waals surface area contributed by atoms with E-state index in [0.29, 0.717) is 47.7 Å². The minimum absolute atomic E-state index is 0.0814. The van der Waals surface area contributed by atoms with Crippen molar-refractivity contribution in [2.75, 3.05) is 26.2 Å². The molecule has 1 aromatic carbocycles. The van der Waals surface area contributed by atoms with E-state index >= 15 is 0 Å². The lowest BCUT2D eigenvalue weighted by molar-refractivity contribution is 0.0596. The molecule has 0 bridgehead atoms. The van der Waals surface area contributed by atoms with Gasteiger partial charge in [0, 0.05) is 60.7 Å². The van der Waals surface area contributed by atoms with Crippen LogP contribution in [0.5, 0.6) is 0 Å². The third-order valence-electron chi connectivity index (χ3n) is 4.85. The lowest BCUT2D eigenvalue weighted by Gasteiger charge is -2.34. The smallest absolute Gasteiger partial charge is 0.289 e. The van der Waals surface area contributed by atoms with Crippen LogP contribution in [-0.4, -0.2) is 51.7 Å². The Morgan fingerprint density at radius 2 is 1.75 bits per heavy atom. The first-order chi connectivity index (χ1) is 13.6. The molecule has 0 aliphatic carbocycles. The summed E-state index contributed by atoms with van der Waals surface area (Å²) in [5.74, 6) is 0.992. The topological polar surface area (TPSA) is 54.5 Å². The fraction of sp³-hybridized carbons (Fsp3) is 0.300. The van der Waals surface area contributed by atoms with Gasteiger partial charge in [0.05, 0.1) is 6.54 Å². The summed E-state index contributed by atoms with van der Waals surface area (Å²) in [5.41, 5.74) is 0.930. The second kappa shape index (κ2) is 8.39. The molecule has 1 aliphatic rings. The van der Waals surface area contributed by atoms with E-state index in [0.717, 1.165) is 18.7 Å². The van der Waals surface area contributed by atoms with Crippen molar-refractivity contribution in [3.8, 4) is 0 Å². The van der Waals surface area contributed by atoms with Crippen LogP contribution in [0, 0.1) is 0 Å². The van der Waals surface area contributed by atoms with Crippen LogP contribution >= 0.6 is 23.2 Å². The number of furan rings is 1. The quantitative estimate of drug-likeness (QED) is 0.632. The molecule has 1 aliphatic heterocycles. The van der Waals surface area contributed by atoms with E-state index in [1.54, 1.807) is 16.9 Å². The molecule has 2 aromatic heterocycles. The molecule has 28 heavy (non-hydrogen) atoms. The molecule has 1 saturated heterocycles. The number of piperazine rings is 1. The molecular weight excluding hydrogens is 399 g/mol. The SMILES string of the molecule is O=C(c1ccc(Cn2cccn2)o1)N1CCN(Cc2c(Cl)cccc2Cl)CC1. The lowest BCUT2D eigenvalue weighted by Crippen LogP contribution is -2.48. The molecule has 0 N–H and O–H groups in total. The normalized spacial score (nSPS) is 15.1. The predicted molar refractivity (Wildman–Crippen MR) is 108 cm³/mol. The summed E-state index contributed by atoms with van der Waals surface area (Å²) in [5, 5.41) is 5.49. The molecular formula is C20H20Cl2N4O2. The van der Waals surface area contributed by atoms with Gasteiger partial charge in [0.2, 0.25) is 0 Å². The number of halogens is 2. The summed E-state index contributed by atoms with van der Waals surface area (Å²) in [6, 6.07) is 10.9. The summed E-state index contributed by atoms with van der Waals surface area (Å²) in [6.07, 6.45) is 3.57. The van der Waals surface area contributed by atoms with Gasteiger partial charge in [-0.2, -0.15) is 5.10 Å². The molecule has 4 rings (SSSR count). The molecule has 0 atom stereocenters. The highest BCUT2D eigenvalue weighted by molar-refractivity contribution is 6.35. The van der Waals surface area contributed by atoms with E-state index in [2.05, 4.69) is 10.00 Å². The molecule has 146 valence electrons. The van der Waals surface area contributed by atoms with Gasteiger partial charge in [-0.1, -0.05) is 29.3 Å². The highest BCUT2D eigenvalue weighted by Gasteiger charge is 2.25. The van der Waals surface area contributed by atoms with Gasteiger partial charge in [0.1, 0.15) is 5.76 Å². The third-order valence-corrected chi connectivity index (χ3v) is 5.56. The number of hydrogen-bond acceptors (Lipinski definition) is 4. The molecule has 6 nitrogen and oxygen atoms in total. The van der Waals surface area contributed by atoms with Crippen molar-refractivity contribution in [1.29, 1.82) is 0 Å². The van der Waals surface area contributed by atoms with Gasteiger partial charge in [0.25, 0.3) is 5.91 Å². The second-order valence-electron chi connectivity index (χ2n) is 6.74. The molecule has 0 saturated carbocycles. The summed E-state index contributed by atoms with van der Waals surface area (Å²) in [6.45, 7) is 3.97. The maximum atomic E-state index is 12.7. The molecule has 8 heteroatoms. The first-order valence-electron chi connectivity index (χ1n) is 9.11. The number of hydrogen-bond donors (Lipinski definition) is 0. The number of aromatic nitrogens is 2. The van der Waals surface area contributed by atoms with Crippen LogP contribution in [0.3, 0.4) is 0 Å². The van der Waals surface area contributed by atoms with E-state index in [1.807, 2.05) is 41.4 Å². The van der Waals surface area contributed by atoms with Crippen molar-refractivity contribution in [3.63, 3.8) is 0 Å². The van der Waals surface area contributed by atoms with Crippen molar-refractivity contribution in [2.24, 2.45) is 0 Å². The fourth-order valence-electron chi connectivity index (χ4n) is 3.30. The van der Waals surface area contributed by atoms with Gasteiger partial charge in [-0.3, -0.25) is 14.4 Å². The van der Waals surface area contributed by atoms with Crippen molar-refractivity contribution in [1.82, 2.24) is 19.6 Å². The Kier molecular flexibility index (Phi) is 5.71. The first kappa shape index (κ1) is 19.1. The summed E-state index contributed by atoms with van der Waals surface area (Å²) in [4.78, 5) is 16.8. The monoisotopic (exact) mass is 418 g/mol. The average Bonchev–Trinajstić information content (AvgIpc) is 3.37. The maximum absolute atomic E-state index is 12.7. The van der Waals surface area contributed by atoms with Gasteiger partial charge >= 0.3 is 0 Å². The Balaban J connectivity index is 1.33. The third kappa shape index (κ3) is 4.24. The van der Waals surface area contributed by atoms with Crippen LogP contribution in [-0.2, 0) is 13.1 Å². The molecule has 0 spiro atoms. The highest BCUT2D eigenvalue weighted by Crippen LogP contribution is 2.26. The predicted octanol–water partition coefficient (Wildman–Crippen LogP) is 3.79. The Morgan fingerprint density at radius 3 is 2.43 bits per heavy atom. The van der Waals surface area contributed by atoms with Crippen molar-refractivity contribution >= 4 is 29.1 Å². The van der Waals surface area contributed by atoms with Crippen LogP contribution < -0.4 is 0 Å². The van der Waals surface area contributed by atoms with E-state index < -0.39 is 0 Å². The Hall–Kier alpha value is -2.28. The molecule has 1 fully saturated rings. The minimum Gasteiger partial charge on any atom is -0.454 e. The van der Waals surface area contributed by atoms with Crippen LogP contribution in [0.25, 0.3) is 0 Å². The highest BCUT2D eigenvalue weighted by atomic mass is 35.5. The van der Waals surface area contributed by atoms with E-state index in [9.17, 15) is 4.79 Å². The second-order valence-corrected chi connectivity index (χ2v) is 7.55. The van der Waals surface area contributed by atoms with E-state index in [1.165, 1.54) is 0 Å². The van der Waals surface area contributed by atoms with Gasteiger partial charge in [0.15, 0.2) is 5.76 Å². The average molecular weight is 419 g/mol. The number of carbonyl (C=O) groups excluding carboxylic acids is 1. The number of carbonyl (C=O) groups is 1. The van der Waals surface area contributed by atoms with Crippen molar-refractivity contribution < 1.29 is 9.21 Å². The summed E-state index contributed by atoms with van der Waals surface area (Å²) in [7, 11) is 0. The molecule has 0 unspecified atom stereocenters. The molecule has 3 heterocycles. The first-order valence-corrected chi connectivity index (χ1v) is 9.86. The number of amides is 1. The van der Waals surface area contributed by atoms with Gasteiger partial charge in [-0.15, -0.1) is 0 Å². The zero-order valence-corrected chi connectivity index (χ0v) is 16.7. The standard InChI is InChI=1S/C20H20Cl2N4O2/c21-17-3-1-4-18(22)16(17)14-24-9-11-25(12-10-24)20(27)19-6-5-15(28-19)13-26-8-2-7-23-26/h1-8H,9-14H2. The zero-order chi connectivity index (χ0) is 19.5. The Morgan fingerprint density at radius 1 is 1.00 bits per heavy atom. The lowest BCUT2D eigenvalue weighted by atomic mass is 10.2. The summed E-state index contributed by atoms with van der Waals surface area (Å²) < 4.78 is 7.48. The van der Waals surface area contributed by atoms with Gasteiger partial charge in [-0.25, -0.2) is 0 Å². The van der Waals surface area contributed by atoms with Crippen molar-refractivity contribution in [2.45, 2.75) is 13.1 Å². The van der Waals surface area contributed by atoms with E-state index in [-0.39, 0.29) is 5.91 Å². The largest absolute Gasteiger partial charge is 0.454 e. The summed E-state index contributed by atoms with van der Waals surface area (Å²) >= 11 is 12.5. The van der Waals surface area contributed by atoms with Crippen LogP contribution in [0.1, 0.15) is 21.9 Å². The molecule has 1 amide bonds. The Bertz CT molecular complexity index is 927. The number of benzene rings is 1. The molecule has 3 aromatic rings. The Labute approximate surface area is 173 Å². The van der Waals surface area contributed by atoms with Gasteiger partial charge < -0.3 is 9.32 Å². The number of nitrogens with zero attached hydrogens (tertiary/aromatic N) is 4. The van der Waals surface area contributed by atoms with Gasteiger partial charge in [-0.05, 0) is 30.3 Å². The minimum atomic E-state index is -0.0814. The molecule has 0 radical (unpaired) electrons. The van der Waals surface area contributed by atoms with Crippen LogP contribution in [0.4, 0.5) is 0 Å².